The summed E-state index contributed by atoms with van der Waals surface area (Å²) >= 11 is 3.46. The van der Waals surface area contributed by atoms with Crippen LogP contribution in [0, 0.1) is 0 Å². The third-order valence-electron chi connectivity index (χ3n) is 3.98. The predicted octanol–water partition coefficient (Wildman–Crippen LogP) is 4.28. The minimum Gasteiger partial charge on any atom is -0.346 e. The molecule has 106 valence electrons. The largest absolute Gasteiger partial charge is 0.346 e. The van der Waals surface area contributed by atoms with Crippen molar-refractivity contribution in [3.63, 3.8) is 0 Å². The third-order valence-corrected chi connectivity index (χ3v) is 4.41. The number of nitrogens with zero attached hydrogens (tertiary/aromatic N) is 1. The molecule has 1 fully saturated rings. The molecule has 1 amide bonds. The van der Waals surface area contributed by atoms with Crippen LogP contribution in [-0.2, 0) is 0 Å². The van der Waals surface area contributed by atoms with Gasteiger partial charge in [-0.05, 0) is 55.6 Å². The zero-order chi connectivity index (χ0) is 14.0. The van der Waals surface area contributed by atoms with Crippen LogP contribution in [0.1, 0.15) is 69.4 Å². The van der Waals surface area contributed by atoms with Gasteiger partial charge in [0.25, 0.3) is 5.91 Å². The second-order valence-electron chi connectivity index (χ2n) is 6.12. The average molecular weight is 327 g/mol. The van der Waals surface area contributed by atoms with Crippen LogP contribution in [0.3, 0.4) is 0 Å². The molecule has 1 aromatic heterocycles. The fourth-order valence-electron chi connectivity index (χ4n) is 2.85. The Kier molecular flexibility index (Phi) is 4.39. The van der Waals surface area contributed by atoms with Gasteiger partial charge in [0.15, 0.2) is 0 Å². The molecule has 3 nitrogen and oxygen atoms in total. The lowest BCUT2D eigenvalue weighted by Gasteiger charge is -2.34. The fraction of sp³-hybridized carbons (Fsp3) is 0.667. The minimum absolute atomic E-state index is 0.0338. The average Bonchev–Trinajstić information content (AvgIpc) is 2.72. The number of aromatic nitrogens is 1. The molecule has 0 aliphatic heterocycles. The maximum atomic E-state index is 12.5. The smallest absolute Gasteiger partial charge is 0.268 e. The lowest BCUT2D eigenvalue weighted by atomic mass is 9.83. The number of nitrogens with one attached hydrogen (secondary N) is 1. The molecule has 0 aromatic carbocycles. The zero-order valence-corrected chi connectivity index (χ0v) is 13.6. The van der Waals surface area contributed by atoms with Crippen molar-refractivity contribution < 1.29 is 4.79 Å². The highest BCUT2D eigenvalue weighted by Gasteiger charge is 2.29. The van der Waals surface area contributed by atoms with Crippen LogP contribution in [0.2, 0.25) is 0 Å². The van der Waals surface area contributed by atoms with Gasteiger partial charge in [-0.3, -0.25) is 4.79 Å². The standard InChI is InChI=1S/C15H23BrN2O/c1-11(2)18-10-12(16)9-13(18)14(19)17-15(3)7-5-4-6-8-15/h9-11H,4-8H2,1-3H3,(H,17,19). The molecule has 1 saturated carbocycles. The van der Waals surface area contributed by atoms with E-state index >= 15 is 0 Å². The summed E-state index contributed by atoms with van der Waals surface area (Å²) < 4.78 is 2.98. The van der Waals surface area contributed by atoms with Gasteiger partial charge in [0, 0.05) is 22.3 Å². The van der Waals surface area contributed by atoms with Crippen molar-refractivity contribution in [2.45, 2.75) is 64.5 Å². The maximum Gasteiger partial charge on any atom is 0.268 e. The minimum atomic E-state index is -0.0338. The molecule has 19 heavy (non-hydrogen) atoms. The molecule has 0 atom stereocenters. The number of hydrogen-bond donors (Lipinski definition) is 1. The van der Waals surface area contributed by atoms with E-state index in [2.05, 4.69) is 42.0 Å². The molecule has 1 heterocycles. The van der Waals surface area contributed by atoms with E-state index in [1.165, 1.54) is 19.3 Å². The quantitative estimate of drug-likeness (QED) is 0.883. The second kappa shape index (κ2) is 5.70. The highest BCUT2D eigenvalue weighted by Crippen LogP contribution is 2.28. The van der Waals surface area contributed by atoms with E-state index < -0.39 is 0 Å². The van der Waals surface area contributed by atoms with Gasteiger partial charge in [-0.1, -0.05) is 19.3 Å². The van der Waals surface area contributed by atoms with Gasteiger partial charge in [-0.15, -0.1) is 0 Å². The van der Waals surface area contributed by atoms with Crippen molar-refractivity contribution in [1.29, 1.82) is 0 Å². The van der Waals surface area contributed by atoms with Gasteiger partial charge in [-0.25, -0.2) is 0 Å². The first kappa shape index (κ1) is 14.6. The summed E-state index contributed by atoms with van der Waals surface area (Å²) in [4.78, 5) is 12.5. The van der Waals surface area contributed by atoms with Crippen molar-refractivity contribution >= 4 is 21.8 Å². The molecule has 1 aliphatic rings. The molecule has 1 N–H and O–H groups in total. The number of amides is 1. The first-order chi connectivity index (χ1) is 8.91. The molecule has 0 unspecified atom stereocenters. The first-order valence-electron chi connectivity index (χ1n) is 7.11. The number of carbonyl (C=O) groups is 1. The maximum absolute atomic E-state index is 12.5. The Labute approximate surface area is 123 Å². The molecular formula is C15H23BrN2O. The van der Waals surface area contributed by atoms with E-state index in [0.717, 1.165) is 23.0 Å². The molecule has 4 heteroatoms. The van der Waals surface area contributed by atoms with Gasteiger partial charge in [0.05, 0.1) is 0 Å². The molecule has 1 aromatic rings. The summed E-state index contributed by atoms with van der Waals surface area (Å²) in [5.74, 6) is 0.0452. The molecule has 1 aliphatic carbocycles. The highest BCUT2D eigenvalue weighted by atomic mass is 79.9. The van der Waals surface area contributed by atoms with Gasteiger partial charge >= 0.3 is 0 Å². The Morgan fingerprint density at radius 3 is 2.58 bits per heavy atom. The lowest BCUT2D eigenvalue weighted by Crippen LogP contribution is -2.47. The Bertz CT molecular complexity index is 459. The number of rotatable bonds is 3. The predicted molar refractivity (Wildman–Crippen MR) is 81.5 cm³/mol. The first-order valence-corrected chi connectivity index (χ1v) is 7.90. The van der Waals surface area contributed by atoms with E-state index in [1.807, 2.05) is 16.8 Å². The van der Waals surface area contributed by atoms with Crippen molar-refractivity contribution in [3.8, 4) is 0 Å². The molecule has 2 rings (SSSR count). The summed E-state index contributed by atoms with van der Waals surface area (Å²) in [6.45, 7) is 6.35. The van der Waals surface area contributed by atoms with E-state index in [-0.39, 0.29) is 17.5 Å². The highest BCUT2D eigenvalue weighted by molar-refractivity contribution is 9.10. The second-order valence-corrected chi connectivity index (χ2v) is 7.04. The number of carbonyl (C=O) groups excluding carboxylic acids is 1. The lowest BCUT2D eigenvalue weighted by molar-refractivity contribution is 0.0871. The van der Waals surface area contributed by atoms with E-state index in [0.29, 0.717) is 0 Å². The van der Waals surface area contributed by atoms with Crippen molar-refractivity contribution in [1.82, 2.24) is 9.88 Å². The molecule has 0 radical (unpaired) electrons. The topological polar surface area (TPSA) is 34.0 Å². The van der Waals surface area contributed by atoms with Crippen molar-refractivity contribution in [3.05, 3.63) is 22.4 Å². The molecule has 0 saturated heterocycles. The van der Waals surface area contributed by atoms with E-state index in [9.17, 15) is 4.79 Å². The SMILES string of the molecule is CC(C)n1cc(Br)cc1C(=O)NC1(C)CCCCC1. The number of hydrogen-bond acceptors (Lipinski definition) is 1. The van der Waals surface area contributed by atoms with Crippen LogP contribution in [-0.4, -0.2) is 16.0 Å². The van der Waals surface area contributed by atoms with E-state index in [4.69, 9.17) is 0 Å². The van der Waals surface area contributed by atoms with Crippen LogP contribution in [0.25, 0.3) is 0 Å². The third kappa shape index (κ3) is 3.41. The summed E-state index contributed by atoms with van der Waals surface area (Å²) in [7, 11) is 0. The Morgan fingerprint density at radius 1 is 1.37 bits per heavy atom. The van der Waals surface area contributed by atoms with Gasteiger partial charge < -0.3 is 9.88 Å². The Hall–Kier alpha value is -0.770. The Balaban J connectivity index is 2.15. The number of halogens is 1. The van der Waals surface area contributed by atoms with Crippen LogP contribution >= 0.6 is 15.9 Å². The van der Waals surface area contributed by atoms with Gasteiger partial charge in [-0.2, -0.15) is 0 Å². The normalized spacial score (nSPS) is 18.6. The van der Waals surface area contributed by atoms with Crippen molar-refractivity contribution in [2.24, 2.45) is 0 Å². The molecule has 0 bridgehead atoms. The zero-order valence-electron chi connectivity index (χ0n) is 12.0. The van der Waals surface area contributed by atoms with Crippen LogP contribution in [0.4, 0.5) is 0 Å². The van der Waals surface area contributed by atoms with Gasteiger partial charge in [0.2, 0.25) is 0 Å². The van der Waals surface area contributed by atoms with E-state index in [1.54, 1.807) is 0 Å². The van der Waals surface area contributed by atoms with Crippen molar-refractivity contribution in [2.75, 3.05) is 0 Å². The molecular weight excluding hydrogens is 304 g/mol. The summed E-state index contributed by atoms with van der Waals surface area (Å²) in [5.41, 5.74) is 0.710. The van der Waals surface area contributed by atoms with Crippen LogP contribution < -0.4 is 5.32 Å². The fourth-order valence-corrected chi connectivity index (χ4v) is 3.29. The van der Waals surface area contributed by atoms with Crippen LogP contribution in [0.5, 0.6) is 0 Å². The summed E-state index contributed by atoms with van der Waals surface area (Å²) in [5, 5.41) is 3.24. The summed E-state index contributed by atoms with van der Waals surface area (Å²) in [6, 6.07) is 2.19. The Morgan fingerprint density at radius 2 is 2.00 bits per heavy atom. The summed E-state index contributed by atoms with van der Waals surface area (Å²) in [6.07, 6.45) is 7.87. The monoisotopic (exact) mass is 326 g/mol. The van der Waals surface area contributed by atoms with Gasteiger partial charge in [0.1, 0.15) is 5.69 Å². The van der Waals surface area contributed by atoms with Crippen LogP contribution in [0.15, 0.2) is 16.7 Å². The molecule has 0 spiro atoms.